The number of carbonyl (C=O) groups is 1. The molecule has 0 saturated carbocycles. The third-order valence-electron chi connectivity index (χ3n) is 4.56. The molecule has 1 fully saturated rings. The van der Waals surface area contributed by atoms with Crippen LogP contribution in [0.5, 0.6) is 5.75 Å². The van der Waals surface area contributed by atoms with Crippen molar-refractivity contribution in [1.82, 2.24) is 0 Å². The highest BCUT2D eigenvalue weighted by Crippen LogP contribution is 2.26. The summed E-state index contributed by atoms with van der Waals surface area (Å²) in [5.41, 5.74) is 1.82. The van der Waals surface area contributed by atoms with E-state index in [-0.39, 0.29) is 23.3 Å². The Bertz CT molecular complexity index is 835. The van der Waals surface area contributed by atoms with E-state index in [1.54, 1.807) is 6.07 Å². The molecule has 0 radical (unpaired) electrons. The summed E-state index contributed by atoms with van der Waals surface area (Å²) < 4.78 is 28.9. The van der Waals surface area contributed by atoms with E-state index < -0.39 is 9.84 Å². The van der Waals surface area contributed by atoms with E-state index >= 15 is 0 Å². The maximum absolute atomic E-state index is 12.5. The first-order chi connectivity index (χ1) is 12.5. The van der Waals surface area contributed by atoms with Crippen molar-refractivity contribution in [1.29, 1.82) is 0 Å². The molecule has 1 N–H and O–H groups in total. The van der Waals surface area contributed by atoms with Gasteiger partial charge in [0.05, 0.1) is 23.8 Å². The molecule has 2 aromatic carbocycles. The van der Waals surface area contributed by atoms with Gasteiger partial charge in [-0.2, -0.15) is 0 Å². The fraction of sp³-hybridized carbons (Fsp3) is 0.350. The zero-order chi connectivity index (χ0) is 18.4. The number of nitrogens with one attached hydrogen (secondary N) is 1. The van der Waals surface area contributed by atoms with Crippen LogP contribution in [0, 0.1) is 5.92 Å². The van der Waals surface area contributed by atoms with Crippen molar-refractivity contribution in [2.75, 3.05) is 23.4 Å². The van der Waals surface area contributed by atoms with E-state index in [2.05, 4.69) is 5.32 Å². The maximum Gasteiger partial charge on any atom is 0.227 e. The van der Waals surface area contributed by atoms with E-state index in [1.807, 2.05) is 48.5 Å². The normalized spacial score (nSPS) is 16.8. The number of sulfone groups is 1. The molecule has 138 valence electrons. The highest BCUT2D eigenvalue weighted by Gasteiger charge is 2.28. The minimum atomic E-state index is -2.97. The topological polar surface area (TPSA) is 72.5 Å². The minimum absolute atomic E-state index is 0.0836. The fourth-order valence-electron chi connectivity index (χ4n) is 3.01. The van der Waals surface area contributed by atoms with Crippen LogP contribution in [0.15, 0.2) is 54.6 Å². The summed E-state index contributed by atoms with van der Waals surface area (Å²) in [5, 5.41) is 2.90. The molecule has 0 spiro atoms. The maximum atomic E-state index is 12.5. The summed E-state index contributed by atoms with van der Waals surface area (Å²) in [6.07, 6.45) is 1.54. The third kappa shape index (κ3) is 5.08. The van der Waals surface area contributed by atoms with Gasteiger partial charge < -0.3 is 10.1 Å². The summed E-state index contributed by atoms with van der Waals surface area (Å²) in [4.78, 5) is 12.5. The Morgan fingerprint density at radius 3 is 2.38 bits per heavy atom. The number of anilines is 1. The SMILES string of the molecule is O=C(Nc1ccccc1OCCc1ccccc1)C1CCS(=O)(=O)CC1. The molecule has 0 atom stereocenters. The number of carbonyl (C=O) groups excluding carboxylic acids is 1. The first-order valence-electron chi connectivity index (χ1n) is 8.80. The van der Waals surface area contributed by atoms with Crippen LogP contribution in [0.1, 0.15) is 18.4 Å². The molecule has 6 heteroatoms. The van der Waals surface area contributed by atoms with Gasteiger partial charge in [-0.15, -0.1) is 0 Å². The smallest absolute Gasteiger partial charge is 0.227 e. The van der Waals surface area contributed by atoms with Gasteiger partial charge in [-0.05, 0) is 30.5 Å². The Balaban J connectivity index is 1.57. The van der Waals surface area contributed by atoms with Gasteiger partial charge in [-0.3, -0.25) is 4.79 Å². The van der Waals surface area contributed by atoms with Gasteiger partial charge in [-0.25, -0.2) is 8.42 Å². The van der Waals surface area contributed by atoms with Crippen LogP contribution in [0.4, 0.5) is 5.69 Å². The second kappa shape index (κ2) is 8.36. The predicted octanol–water partition coefficient (Wildman–Crippen LogP) is 3.07. The molecule has 1 amide bonds. The first-order valence-corrected chi connectivity index (χ1v) is 10.6. The van der Waals surface area contributed by atoms with Gasteiger partial charge in [0.15, 0.2) is 0 Å². The monoisotopic (exact) mass is 373 g/mol. The number of rotatable bonds is 6. The highest BCUT2D eigenvalue weighted by atomic mass is 32.2. The van der Waals surface area contributed by atoms with Crippen LogP contribution in [-0.4, -0.2) is 32.4 Å². The summed E-state index contributed by atoms with van der Waals surface area (Å²) in [7, 11) is -2.97. The zero-order valence-electron chi connectivity index (χ0n) is 14.6. The van der Waals surface area contributed by atoms with Crippen molar-refractivity contribution >= 4 is 21.4 Å². The Morgan fingerprint density at radius 2 is 1.65 bits per heavy atom. The quantitative estimate of drug-likeness (QED) is 0.845. The average molecular weight is 373 g/mol. The van der Waals surface area contributed by atoms with E-state index in [9.17, 15) is 13.2 Å². The second-order valence-electron chi connectivity index (χ2n) is 6.50. The van der Waals surface area contributed by atoms with Crippen molar-refractivity contribution in [3.05, 3.63) is 60.2 Å². The van der Waals surface area contributed by atoms with Crippen molar-refractivity contribution in [2.24, 2.45) is 5.92 Å². The van der Waals surface area contributed by atoms with Crippen LogP contribution >= 0.6 is 0 Å². The van der Waals surface area contributed by atoms with E-state index in [4.69, 9.17) is 4.74 Å². The number of benzene rings is 2. The lowest BCUT2D eigenvalue weighted by Crippen LogP contribution is -2.32. The van der Waals surface area contributed by atoms with Crippen molar-refractivity contribution in [3.63, 3.8) is 0 Å². The summed E-state index contributed by atoms with van der Waals surface area (Å²) in [6, 6.07) is 17.4. The summed E-state index contributed by atoms with van der Waals surface area (Å²) in [6.45, 7) is 0.512. The van der Waals surface area contributed by atoms with E-state index in [0.29, 0.717) is 30.9 Å². The molecule has 0 bridgehead atoms. The molecule has 1 saturated heterocycles. The van der Waals surface area contributed by atoms with Gasteiger partial charge >= 0.3 is 0 Å². The van der Waals surface area contributed by atoms with Crippen LogP contribution in [0.25, 0.3) is 0 Å². The van der Waals surface area contributed by atoms with Gasteiger partial charge in [0.25, 0.3) is 0 Å². The molecule has 0 aromatic heterocycles. The zero-order valence-corrected chi connectivity index (χ0v) is 15.4. The van der Waals surface area contributed by atoms with Gasteiger partial charge in [0.1, 0.15) is 15.6 Å². The van der Waals surface area contributed by atoms with Crippen LogP contribution in [-0.2, 0) is 21.1 Å². The first kappa shape index (κ1) is 18.5. The van der Waals surface area contributed by atoms with Gasteiger partial charge in [0, 0.05) is 12.3 Å². The predicted molar refractivity (Wildman–Crippen MR) is 102 cm³/mol. The highest BCUT2D eigenvalue weighted by molar-refractivity contribution is 7.91. The van der Waals surface area contributed by atoms with Crippen molar-refractivity contribution in [3.8, 4) is 5.75 Å². The summed E-state index contributed by atoms with van der Waals surface area (Å²) >= 11 is 0. The average Bonchev–Trinajstić information content (AvgIpc) is 2.64. The standard InChI is InChI=1S/C20H23NO4S/c22-20(17-11-14-26(23,24)15-12-17)21-18-8-4-5-9-19(18)25-13-10-16-6-2-1-3-7-16/h1-9,17H,10-15H2,(H,21,22). The number of hydrogen-bond acceptors (Lipinski definition) is 4. The van der Waals surface area contributed by atoms with Gasteiger partial charge in [0.2, 0.25) is 5.91 Å². The van der Waals surface area contributed by atoms with Gasteiger partial charge in [-0.1, -0.05) is 42.5 Å². The molecule has 26 heavy (non-hydrogen) atoms. The fourth-order valence-corrected chi connectivity index (χ4v) is 4.50. The van der Waals surface area contributed by atoms with Crippen LogP contribution < -0.4 is 10.1 Å². The third-order valence-corrected chi connectivity index (χ3v) is 6.28. The van der Waals surface area contributed by atoms with Crippen molar-refractivity contribution < 1.29 is 17.9 Å². The Kier molecular flexibility index (Phi) is 5.93. The second-order valence-corrected chi connectivity index (χ2v) is 8.80. The minimum Gasteiger partial charge on any atom is -0.491 e. The number of amides is 1. The number of ether oxygens (including phenoxy) is 1. The molecule has 1 aliphatic rings. The molecule has 1 aliphatic heterocycles. The molecule has 1 heterocycles. The van der Waals surface area contributed by atoms with E-state index in [1.165, 1.54) is 5.56 Å². The Hall–Kier alpha value is -2.34. The van der Waals surface area contributed by atoms with Crippen LogP contribution in [0.3, 0.4) is 0 Å². The number of para-hydroxylation sites is 2. The Morgan fingerprint density at radius 1 is 1.00 bits per heavy atom. The van der Waals surface area contributed by atoms with E-state index in [0.717, 1.165) is 6.42 Å². The molecule has 0 unspecified atom stereocenters. The lowest BCUT2D eigenvalue weighted by Gasteiger charge is -2.21. The lowest BCUT2D eigenvalue weighted by molar-refractivity contribution is -0.120. The Labute approximate surface area is 154 Å². The lowest BCUT2D eigenvalue weighted by atomic mass is 10.0. The van der Waals surface area contributed by atoms with Crippen LogP contribution in [0.2, 0.25) is 0 Å². The molecule has 0 aliphatic carbocycles. The molecule has 2 aromatic rings. The molecule has 5 nitrogen and oxygen atoms in total. The number of hydrogen-bond donors (Lipinski definition) is 1. The largest absolute Gasteiger partial charge is 0.491 e. The molecular formula is C20H23NO4S. The molecule has 3 rings (SSSR count). The summed E-state index contributed by atoms with van der Waals surface area (Å²) in [5.74, 6) is 0.385. The molecular weight excluding hydrogens is 350 g/mol. The van der Waals surface area contributed by atoms with Crippen molar-refractivity contribution in [2.45, 2.75) is 19.3 Å².